The molecule has 1 unspecified atom stereocenters. The fraction of sp³-hybridized carbons (Fsp3) is 0.118. The maximum Gasteiger partial charge on any atom is 0.266 e. The molecule has 2 aliphatic heterocycles. The Balaban J connectivity index is 1.22. The van der Waals surface area contributed by atoms with Gasteiger partial charge < -0.3 is 9.47 Å². The molecule has 0 saturated carbocycles. The Hall–Kier alpha value is -5.28. The molecule has 0 spiro atoms. The minimum Gasteiger partial charge on any atom is -0.497 e. The van der Waals surface area contributed by atoms with Gasteiger partial charge >= 0.3 is 0 Å². The summed E-state index contributed by atoms with van der Waals surface area (Å²) in [7, 11) is 3.31. The van der Waals surface area contributed by atoms with Crippen molar-refractivity contribution >= 4 is 39.7 Å². The van der Waals surface area contributed by atoms with Gasteiger partial charge in [-0.1, -0.05) is 36.4 Å². The van der Waals surface area contributed by atoms with Gasteiger partial charge in [-0.3, -0.25) is 9.59 Å². The van der Waals surface area contributed by atoms with Crippen LogP contribution in [0.3, 0.4) is 0 Å². The van der Waals surface area contributed by atoms with Crippen LogP contribution in [0.2, 0.25) is 0 Å². The van der Waals surface area contributed by atoms with Gasteiger partial charge in [0.05, 0.1) is 48.5 Å². The molecule has 0 bridgehead atoms. The first kappa shape index (κ1) is 26.6. The molecule has 43 heavy (non-hydrogen) atoms. The van der Waals surface area contributed by atoms with Crippen LogP contribution < -0.4 is 19.4 Å². The largest absolute Gasteiger partial charge is 0.497 e. The third-order valence-corrected chi connectivity index (χ3v) is 8.55. The summed E-state index contributed by atoms with van der Waals surface area (Å²) in [5, 5.41) is 9.74. The smallest absolute Gasteiger partial charge is 0.266 e. The van der Waals surface area contributed by atoms with Gasteiger partial charge in [0.1, 0.15) is 11.5 Å². The molecule has 0 saturated heterocycles. The minimum absolute atomic E-state index is 0.0633. The number of ether oxygens (including phenoxy) is 2. The Morgan fingerprint density at radius 1 is 0.767 bits per heavy atom. The highest BCUT2D eigenvalue weighted by atomic mass is 32.1. The van der Waals surface area contributed by atoms with Gasteiger partial charge in [0, 0.05) is 17.4 Å². The molecule has 4 aromatic carbocycles. The van der Waals surface area contributed by atoms with Crippen molar-refractivity contribution in [1.29, 1.82) is 0 Å². The fourth-order valence-corrected chi connectivity index (χ4v) is 6.29. The number of methoxy groups -OCH3 is 2. The number of benzene rings is 4. The minimum atomic E-state index is -0.323. The highest BCUT2D eigenvalue weighted by molar-refractivity contribution is 7.14. The number of aromatic nitrogens is 1. The number of carbonyl (C=O) groups is 2. The predicted molar refractivity (Wildman–Crippen MR) is 167 cm³/mol. The van der Waals surface area contributed by atoms with E-state index in [2.05, 4.69) is 12.1 Å². The van der Waals surface area contributed by atoms with Crippen LogP contribution in [0.25, 0.3) is 11.3 Å². The van der Waals surface area contributed by atoms with Gasteiger partial charge in [0.2, 0.25) is 5.13 Å². The van der Waals surface area contributed by atoms with Crippen LogP contribution >= 0.6 is 11.3 Å². The van der Waals surface area contributed by atoms with Gasteiger partial charge in [-0.15, -0.1) is 11.3 Å². The lowest BCUT2D eigenvalue weighted by Crippen LogP contribution is -2.29. The summed E-state index contributed by atoms with van der Waals surface area (Å²) in [4.78, 5) is 32.4. The Morgan fingerprint density at radius 2 is 1.42 bits per heavy atom. The SMILES string of the molecule is COc1ccc(C2=NN(c3nc(-c4cccc(N5C(=O)c6ccccc6C5=O)c4)cs3)C(c3ccc(OC)cc3)C2)cc1. The quantitative estimate of drug-likeness (QED) is 0.191. The van der Waals surface area contributed by atoms with Crippen molar-refractivity contribution in [1.82, 2.24) is 4.98 Å². The molecule has 212 valence electrons. The van der Waals surface area contributed by atoms with Crippen LogP contribution in [0, 0.1) is 0 Å². The third kappa shape index (κ3) is 4.73. The average Bonchev–Trinajstić information content (AvgIpc) is 3.78. The van der Waals surface area contributed by atoms with E-state index in [1.54, 1.807) is 44.6 Å². The molecular formula is C34H26N4O4S. The second-order valence-electron chi connectivity index (χ2n) is 10.2. The lowest BCUT2D eigenvalue weighted by molar-refractivity contribution is 0.0926. The van der Waals surface area contributed by atoms with Gasteiger partial charge in [0.15, 0.2) is 0 Å². The summed E-state index contributed by atoms with van der Waals surface area (Å²) in [6.45, 7) is 0. The van der Waals surface area contributed by atoms with E-state index < -0.39 is 0 Å². The second kappa shape index (κ2) is 10.8. The number of imide groups is 1. The zero-order chi connectivity index (χ0) is 29.5. The monoisotopic (exact) mass is 586 g/mol. The number of anilines is 2. The van der Waals surface area contributed by atoms with Gasteiger partial charge in [-0.25, -0.2) is 14.9 Å². The van der Waals surface area contributed by atoms with Crippen LogP contribution in [-0.4, -0.2) is 36.7 Å². The first-order valence-corrected chi connectivity index (χ1v) is 14.6. The first-order chi connectivity index (χ1) is 21.0. The maximum atomic E-state index is 13.1. The normalized spacial score (nSPS) is 16.0. The first-order valence-electron chi connectivity index (χ1n) is 13.7. The van der Waals surface area contributed by atoms with E-state index >= 15 is 0 Å². The molecule has 3 heterocycles. The number of thiazole rings is 1. The number of hydrogen-bond donors (Lipinski definition) is 0. The zero-order valence-electron chi connectivity index (χ0n) is 23.4. The van der Waals surface area contributed by atoms with E-state index in [-0.39, 0.29) is 17.9 Å². The molecule has 1 atom stereocenters. The summed E-state index contributed by atoms with van der Waals surface area (Å²) < 4.78 is 10.7. The van der Waals surface area contributed by atoms with E-state index in [0.717, 1.165) is 44.7 Å². The van der Waals surface area contributed by atoms with Crippen molar-refractivity contribution in [2.45, 2.75) is 12.5 Å². The number of fused-ring (bicyclic) bond motifs is 1. The Kier molecular flexibility index (Phi) is 6.71. The Bertz CT molecular complexity index is 1850. The van der Waals surface area contributed by atoms with E-state index in [1.165, 1.54) is 16.2 Å². The zero-order valence-corrected chi connectivity index (χ0v) is 24.2. The van der Waals surface area contributed by atoms with Crippen molar-refractivity contribution < 1.29 is 19.1 Å². The Labute approximate surface area is 252 Å². The maximum absolute atomic E-state index is 13.1. The number of hydrogen-bond acceptors (Lipinski definition) is 8. The molecule has 0 fully saturated rings. The summed E-state index contributed by atoms with van der Waals surface area (Å²) >= 11 is 1.50. The standard InChI is InChI=1S/C34H26N4O4S/c1-41-25-14-10-21(11-15-25)29-19-31(22-12-16-26(42-2)17-13-22)38(36-29)34-35-30(20-43-34)23-6-5-7-24(18-23)37-32(39)27-8-3-4-9-28(27)33(37)40/h3-18,20,31H,19H2,1-2H3. The van der Waals surface area contributed by atoms with Crippen LogP contribution in [0.4, 0.5) is 10.8 Å². The molecule has 2 amide bonds. The van der Waals surface area contributed by atoms with Crippen molar-refractivity contribution in [3.8, 4) is 22.8 Å². The Morgan fingerprint density at radius 3 is 2.07 bits per heavy atom. The highest BCUT2D eigenvalue weighted by Gasteiger charge is 2.36. The van der Waals surface area contributed by atoms with E-state index in [9.17, 15) is 9.59 Å². The van der Waals surface area contributed by atoms with Crippen molar-refractivity contribution in [3.05, 3.63) is 125 Å². The van der Waals surface area contributed by atoms with Crippen LogP contribution in [0.1, 0.15) is 44.3 Å². The van der Waals surface area contributed by atoms with Crippen molar-refractivity contribution in [2.24, 2.45) is 5.10 Å². The van der Waals surface area contributed by atoms with Crippen molar-refractivity contribution in [3.63, 3.8) is 0 Å². The second-order valence-corrected chi connectivity index (χ2v) is 11.0. The predicted octanol–water partition coefficient (Wildman–Crippen LogP) is 6.98. The lowest BCUT2D eigenvalue weighted by Gasteiger charge is -2.21. The highest BCUT2D eigenvalue weighted by Crippen LogP contribution is 2.40. The van der Waals surface area contributed by atoms with Gasteiger partial charge in [-0.2, -0.15) is 5.10 Å². The molecule has 5 aromatic rings. The number of rotatable bonds is 7. The van der Waals surface area contributed by atoms with Crippen LogP contribution in [0.5, 0.6) is 11.5 Å². The topological polar surface area (TPSA) is 84.3 Å². The summed E-state index contributed by atoms with van der Waals surface area (Å²) in [5.74, 6) is 0.936. The molecule has 0 N–H and O–H groups in total. The molecular weight excluding hydrogens is 560 g/mol. The summed E-state index contributed by atoms with van der Waals surface area (Å²) in [6.07, 6.45) is 0.697. The molecule has 8 nitrogen and oxygen atoms in total. The van der Waals surface area contributed by atoms with E-state index in [1.807, 2.05) is 65.0 Å². The van der Waals surface area contributed by atoms with Gasteiger partial charge in [0.25, 0.3) is 11.8 Å². The molecule has 7 rings (SSSR count). The lowest BCUT2D eigenvalue weighted by atomic mass is 9.98. The third-order valence-electron chi connectivity index (χ3n) is 7.72. The van der Waals surface area contributed by atoms with Crippen LogP contribution in [0.15, 0.2) is 108 Å². The number of amides is 2. The molecule has 2 aliphatic rings. The molecule has 1 aromatic heterocycles. The average molecular weight is 587 g/mol. The number of carbonyl (C=O) groups excluding carboxylic acids is 2. The molecule has 0 aliphatic carbocycles. The summed E-state index contributed by atoms with van der Waals surface area (Å²) in [5.41, 5.74) is 5.94. The fourth-order valence-electron chi connectivity index (χ4n) is 5.46. The molecule has 0 radical (unpaired) electrons. The van der Waals surface area contributed by atoms with E-state index in [4.69, 9.17) is 19.6 Å². The van der Waals surface area contributed by atoms with E-state index in [0.29, 0.717) is 23.2 Å². The molecule has 9 heteroatoms. The summed E-state index contributed by atoms with van der Waals surface area (Å²) in [6, 6.07) is 30.1. The number of hydrazone groups is 1. The van der Waals surface area contributed by atoms with Gasteiger partial charge in [-0.05, 0) is 71.8 Å². The number of nitrogens with zero attached hydrogens (tertiary/aromatic N) is 4. The van der Waals surface area contributed by atoms with Crippen molar-refractivity contribution in [2.75, 3.05) is 24.1 Å². The van der Waals surface area contributed by atoms with Crippen LogP contribution in [-0.2, 0) is 0 Å².